The quantitative estimate of drug-likeness (QED) is 0.716. The highest BCUT2D eigenvalue weighted by Gasteiger charge is 2.19. The van der Waals surface area contributed by atoms with Gasteiger partial charge in [-0.3, -0.25) is 9.52 Å². The number of halogens is 1. The second-order valence-corrected chi connectivity index (χ2v) is 7.11. The van der Waals surface area contributed by atoms with Crippen molar-refractivity contribution in [1.29, 1.82) is 0 Å². The molecule has 0 atom stereocenters. The maximum absolute atomic E-state index is 13.3. The Hall–Kier alpha value is -3.19. The minimum absolute atomic E-state index is 0.102. The van der Waals surface area contributed by atoms with E-state index in [1.807, 2.05) is 6.07 Å². The molecule has 26 heavy (non-hydrogen) atoms. The van der Waals surface area contributed by atoms with Gasteiger partial charge >= 0.3 is 0 Å². The van der Waals surface area contributed by atoms with E-state index in [-0.39, 0.29) is 16.1 Å². The maximum Gasteiger partial charge on any atom is 0.262 e. The molecule has 132 valence electrons. The van der Waals surface area contributed by atoms with E-state index in [2.05, 4.69) is 10.0 Å². The van der Waals surface area contributed by atoms with Crippen molar-refractivity contribution in [1.82, 2.24) is 0 Å². The van der Waals surface area contributed by atoms with Crippen LogP contribution in [0.3, 0.4) is 0 Å². The van der Waals surface area contributed by atoms with Crippen molar-refractivity contribution in [2.45, 2.75) is 4.90 Å². The smallest absolute Gasteiger partial charge is 0.262 e. The third-order valence-electron chi connectivity index (χ3n) is 3.55. The first-order chi connectivity index (χ1) is 12.5. The first-order valence-electron chi connectivity index (χ1n) is 7.69. The van der Waals surface area contributed by atoms with Crippen molar-refractivity contribution in [3.05, 3.63) is 90.2 Å². The second-order valence-electron chi connectivity index (χ2n) is 5.43. The van der Waals surface area contributed by atoms with E-state index in [1.165, 1.54) is 24.3 Å². The van der Waals surface area contributed by atoms with E-state index in [9.17, 15) is 17.6 Å². The zero-order valence-corrected chi connectivity index (χ0v) is 14.3. The summed E-state index contributed by atoms with van der Waals surface area (Å²) in [5, 5.41) is 2.70. The molecule has 0 aliphatic rings. The Balaban J connectivity index is 1.89. The molecule has 0 saturated heterocycles. The van der Waals surface area contributed by atoms with Crippen LogP contribution in [-0.4, -0.2) is 14.3 Å². The van der Waals surface area contributed by atoms with E-state index < -0.39 is 21.7 Å². The van der Waals surface area contributed by atoms with Gasteiger partial charge in [-0.2, -0.15) is 0 Å². The molecule has 0 fully saturated rings. The molecule has 0 unspecified atom stereocenters. The van der Waals surface area contributed by atoms with Crippen molar-refractivity contribution in [2.24, 2.45) is 0 Å². The lowest BCUT2D eigenvalue weighted by molar-refractivity contribution is 0.102. The first kappa shape index (κ1) is 17.6. The third-order valence-corrected chi connectivity index (χ3v) is 4.92. The Morgan fingerprint density at radius 2 is 1.54 bits per heavy atom. The molecule has 3 aromatic carbocycles. The van der Waals surface area contributed by atoms with Gasteiger partial charge in [0.2, 0.25) is 0 Å². The van der Waals surface area contributed by atoms with Crippen LogP contribution in [0.4, 0.5) is 15.8 Å². The number of benzene rings is 3. The molecule has 2 N–H and O–H groups in total. The molecule has 7 heteroatoms. The molecular weight excluding hydrogens is 355 g/mol. The van der Waals surface area contributed by atoms with E-state index in [1.54, 1.807) is 36.4 Å². The summed E-state index contributed by atoms with van der Waals surface area (Å²) in [7, 11) is -4.03. The minimum atomic E-state index is -4.03. The zero-order chi connectivity index (χ0) is 18.6. The number of nitrogens with one attached hydrogen (secondary N) is 2. The van der Waals surface area contributed by atoms with Crippen LogP contribution in [-0.2, 0) is 10.0 Å². The summed E-state index contributed by atoms with van der Waals surface area (Å²) >= 11 is 0. The number of hydrogen-bond acceptors (Lipinski definition) is 3. The van der Waals surface area contributed by atoms with Crippen molar-refractivity contribution < 1.29 is 17.6 Å². The third kappa shape index (κ3) is 4.07. The Bertz CT molecular complexity index is 1040. The van der Waals surface area contributed by atoms with Gasteiger partial charge in [0.05, 0.1) is 16.1 Å². The van der Waals surface area contributed by atoms with Crippen LogP contribution >= 0.6 is 0 Å². The highest BCUT2D eigenvalue weighted by Crippen LogP contribution is 2.21. The van der Waals surface area contributed by atoms with Crippen molar-refractivity contribution in [3.63, 3.8) is 0 Å². The number of amides is 1. The summed E-state index contributed by atoms with van der Waals surface area (Å²) in [6.45, 7) is 0. The summed E-state index contributed by atoms with van der Waals surface area (Å²) in [5.41, 5.74) is 0.835. The number of carbonyl (C=O) groups excluding carboxylic acids is 1. The largest absolute Gasteiger partial charge is 0.322 e. The Morgan fingerprint density at radius 3 is 2.27 bits per heavy atom. The van der Waals surface area contributed by atoms with Gasteiger partial charge in [0.15, 0.2) is 0 Å². The summed E-state index contributed by atoms with van der Waals surface area (Å²) < 4.78 is 40.6. The summed E-state index contributed by atoms with van der Waals surface area (Å²) in [4.78, 5) is 12.3. The molecule has 0 radical (unpaired) electrons. The average Bonchev–Trinajstić information content (AvgIpc) is 2.62. The van der Waals surface area contributed by atoms with Crippen molar-refractivity contribution in [3.8, 4) is 0 Å². The normalized spacial score (nSPS) is 11.0. The highest BCUT2D eigenvalue weighted by atomic mass is 32.2. The Kier molecular flexibility index (Phi) is 4.99. The van der Waals surface area contributed by atoms with Crippen LogP contribution in [0.25, 0.3) is 0 Å². The molecular formula is C19H15FN2O3S. The lowest BCUT2D eigenvalue weighted by atomic mass is 10.1. The number of hydrogen-bond donors (Lipinski definition) is 2. The van der Waals surface area contributed by atoms with Gasteiger partial charge in [-0.15, -0.1) is 0 Å². The molecule has 0 aliphatic heterocycles. The van der Waals surface area contributed by atoms with Crippen LogP contribution in [0.2, 0.25) is 0 Å². The van der Waals surface area contributed by atoms with E-state index in [0.717, 1.165) is 12.1 Å². The molecule has 0 aliphatic carbocycles. The molecule has 5 nitrogen and oxygen atoms in total. The minimum Gasteiger partial charge on any atom is -0.322 e. The van der Waals surface area contributed by atoms with E-state index in [4.69, 9.17) is 0 Å². The van der Waals surface area contributed by atoms with E-state index >= 15 is 0 Å². The Morgan fingerprint density at radius 1 is 0.846 bits per heavy atom. The van der Waals surface area contributed by atoms with Crippen molar-refractivity contribution >= 4 is 27.3 Å². The fourth-order valence-electron chi connectivity index (χ4n) is 2.33. The van der Waals surface area contributed by atoms with Gasteiger partial charge < -0.3 is 5.32 Å². The molecule has 0 aromatic heterocycles. The number of sulfonamides is 1. The monoisotopic (exact) mass is 370 g/mol. The summed E-state index contributed by atoms with van der Waals surface area (Å²) in [6, 6.07) is 19.6. The molecule has 0 spiro atoms. The first-order valence-corrected chi connectivity index (χ1v) is 9.18. The summed E-state index contributed by atoms with van der Waals surface area (Å²) in [5.74, 6) is -1.13. The molecule has 0 saturated carbocycles. The number of carbonyl (C=O) groups is 1. The fraction of sp³-hybridized carbons (Fsp3) is 0. The van der Waals surface area contributed by atoms with Gasteiger partial charge in [-0.05, 0) is 42.5 Å². The predicted octanol–water partition coefficient (Wildman–Crippen LogP) is 3.88. The van der Waals surface area contributed by atoms with E-state index in [0.29, 0.717) is 5.69 Å². The molecule has 0 heterocycles. The zero-order valence-electron chi connectivity index (χ0n) is 13.5. The average molecular weight is 370 g/mol. The molecule has 0 bridgehead atoms. The standard InChI is InChI=1S/C19H15FN2O3S/c20-14-7-6-10-16(13-14)26(24,25)22-18-12-5-4-11-17(18)19(23)21-15-8-2-1-3-9-15/h1-13,22H,(H,21,23). The van der Waals surface area contributed by atoms with Crippen LogP contribution in [0, 0.1) is 5.82 Å². The lowest BCUT2D eigenvalue weighted by Gasteiger charge is -2.13. The Labute approximate surface area is 150 Å². The molecule has 1 amide bonds. The summed E-state index contributed by atoms with van der Waals surface area (Å²) in [6.07, 6.45) is 0. The lowest BCUT2D eigenvalue weighted by Crippen LogP contribution is -2.18. The van der Waals surface area contributed by atoms with Gasteiger partial charge in [0.1, 0.15) is 5.82 Å². The van der Waals surface area contributed by atoms with Crippen LogP contribution in [0.5, 0.6) is 0 Å². The number of anilines is 2. The fourth-order valence-corrected chi connectivity index (χ4v) is 3.44. The van der Waals surface area contributed by atoms with Crippen molar-refractivity contribution in [2.75, 3.05) is 10.0 Å². The topological polar surface area (TPSA) is 75.3 Å². The van der Waals surface area contributed by atoms with Gasteiger partial charge in [-0.1, -0.05) is 36.4 Å². The SMILES string of the molecule is O=C(Nc1ccccc1)c1ccccc1NS(=O)(=O)c1cccc(F)c1. The van der Waals surface area contributed by atoms with Gasteiger partial charge in [-0.25, -0.2) is 12.8 Å². The van der Waals surface area contributed by atoms with Crippen LogP contribution in [0.15, 0.2) is 83.8 Å². The molecule has 3 rings (SSSR count). The number of rotatable bonds is 5. The maximum atomic E-state index is 13.3. The van der Waals surface area contributed by atoms with Gasteiger partial charge in [0.25, 0.3) is 15.9 Å². The second kappa shape index (κ2) is 7.37. The molecule has 3 aromatic rings. The highest BCUT2D eigenvalue weighted by molar-refractivity contribution is 7.92. The number of para-hydroxylation sites is 2. The predicted molar refractivity (Wildman–Crippen MR) is 98.0 cm³/mol. The van der Waals surface area contributed by atoms with Gasteiger partial charge in [0, 0.05) is 5.69 Å². The van der Waals surface area contributed by atoms with Crippen LogP contribution in [0.1, 0.15) is 10.4 Å². The van der Waals surface area contributed by atoms with Crippen LogP contribution < -0.4 is 10.0 Å².